The van der Waals surface area contributed by atoms with Gasteiger partial charge in [-0.25, -0.2) is 4.98 Å². The van der Waals surface area contributed by atoms with E-state index in [0.29, 0.717) is 0 Å². The van der Waals surface area contributed by atoms with E-state index in [-0.39, 0.29) is 0 Å². The van der Waals surface area contributed by atoms with Gasteiger partial charge in [-0.15, -0.1) is 11.3 Å². The van der Waals surface area contributed by atoms with E-state index in [0.717, 1.165) is 17.0 Å². The lowest BCUT2D eigenvalue weighted by Crippen LogP contribution is -1.91. The van der Waals surface area contributed by atoms with Crippen molar-refractivity contribution in [3.63, 3.8) is 0 Å². The summed E-state index contributed by atoms with van der Waals surface area (Å²) in [5, 5.41) is 1.22. The number of benzene rings is 1. The number of fused-ring (bicyclic) bond motifs is 1. The molecule has 90 valence electrons. The normalized spacial score (nSPS) is 10.7. The molecule has 3 rings (SSSR count). The van der Waals surface area contributed by atoms with Crippen molar-refractivity contribution in [2.24, 2.45) is 0 Å². The first-order valence-corrected chi connectivity index (χ1v) is 6.64. The third-order valence-electron chi connectivity index (χ3n) is 2.90. The molecule has 3 heteroatoms. The lowest BCUT2D eigenvalue weighted by molar-refractivity contribution is 0.410. The van der Waals surface area contributed by atoms with Crippen LogP contribution in [0.3, 0.4) is 0 Å². The number of hydrogen-bond acceptors (Lipinski definition) is 3. The van der Waals surface area contributed by atoms with Gasteiger partial charge in [0.05, 0.1) is 7.11 Å². The molecule has 0 aliphatic heterocycles. The average Bonchev–Trinajstić information content (AvgIpc) is 2.81. The molecule has 18 heavy (non-hydrogen) atoms. The number of pyridine rings is 1. The minimum Gasteiger partial charge on any atom is -0.496 e. The van der Waals surface area contributed by atoms with Crippen molar-refractivity contribution >= 4 is 21.6 Å². The number of nitrogens with zero attached hydrogens (tertiary/aromatic N) is 1. The highest BCUT2D eigenvalue weighted by Crippen LogP contribution is 2.28. The van der Waals surface area contributed by atoms with Gasteiger partial charge in [-0.05, 0) is 23.8 Å². The maximum atomic E-state index is 5.38. The zero-order valence-electron chi connectivity index (χ0n) is 10.1. The smallest absolute Gasteiger partial charge is 0.123 e. The molecule has 0 fully saturated rings. The van der Waals surface area contributed by atoms with Crippen LogP contribution in [-0.2, 0) is 6.42 Å². The van der Waals surface area contributed by atoms with Crippen LogP contribution in [0.25, 0.3) is 10.2 Å². The summed E-state index contributed by atoms with van der Waals surface area (Å²) in [6.45, 7) is 0. The van der Waals surface area contributed by atoms with Gasteiger partial charge in [0.15, 0.2) is 0 Å². The molecule has 0 saturated carbocycles. The predicted molar refractivity (Wildman–Crippen MR) is 75.4 cm³/mol. The Morgan fingerprint density at radius 1 is 1.17 bits per heavy atom. The van der Waals surface area contributed by atoms with Crippen LogP contribution in [-0.4, -0.2) is 12.1 Å². The molecule has 2 heterocycles. The lowest BCUT2D eigenvalue weighted by Gasteiger charge is -2.06. The maximum Gasteiger partial charge on any atom is 0.123 e. The summed E-state index contributed by atoms with van der Waals surface area (Å²) in [6, 6.07) is 14.4. The van der Waals surface area contributed by atoms with Crippen molar-refractivity contribution in [3.05, 3.63) is 59.1 Å². The van der Waals surface area contributed by atoms with Crippen LogP contribution < -0.4 is 4.74 Å². The Labute approximate surface area is 110 Å². The van der Waals surface area contributed by atoms with Crippen LogP contribution in [0, 0.1) is 0 Å². The topological polar surface area (TPSA) is 22.1 Å². The summed E-state index contributed by atoms with van der Waals surface area (Å²) in [5.41, 5.74) is 1.21. The molecule has 1 aromatic carbocycles. The summed E-state index contributed by atoms with van der Waals surface area (Å²) in [4.78, 5) is 6.79. The standard InChI is InChI=1S/C15H13NOS/c1-17-14-7-3-2-5-11(14)9-13-10-12-6-4-8-16-15(12)18-13/h2-8,10H,9H2,1H3. The van der Waals surface area contributed by atoms with Gasteiger partial charge in [-0.1, -0.05) is 24.3 Å². The van der Waals surface area contributed by atoms with Gasteiger partial charge < -0.3 is 4.74 Å². The molecule has 0 aliphatic carbocycles. The molecule has 3 aromatic rings. The summed E-state index contributed by atoms with van der Waals surface area (Å²) in [5.74, 6) is 0.947. The zero-order chi connectivity index (χ0) is 12.4. The zero-order valence-corrected chi connectivity index (χ0v) is 10.9. The molecular formula is C15H13NOS. The molecule has 0 aliphatic rings. The van der Waals surface area contributed by atoms with E-state index in [9.17, 15) is 0 Å². The lowest BCUT2D eigenvalue weighted by atomic mass is 10.1. The fraction of sp³-hybridized carbons (Fsp3) is 0.133. The van der Waals surface area contributed by atoms with E-state index >= 15 is 0 Å². The van der Waals surface area contributed by atoms with Crippen molar-refractivity contribution in [1.29, 1.82) is 0 Å². The Kier molecular flexibility index (Phi) is 2.99. The Balaban J connectivity index is 1.96. The second kappa shape index (κ2) is 4.78. The van der Waals surface area contributed by atoms with Crippen LogP contribution in [0.5, 0.6) is 5.75 Å². The number of aromatic nitrogens is 1. The average molecular weight is 255 g/mol. The summed E-state index contributed by atoms with van der Waals surface area (Å²) in [7, 11) is 1.71. The fourth-order valence-electron chi connectivity index (χ4n) is 2.05. The maximum absolute atomic E-state index is 5.38. The van der Waals surface area contributed by atoms with Crippen molar-refractivity contribution < 1.29 is 4.74 Å². The molecule has 0 bridgehead atoms. The van der Waals surface area contributed by atoms with Gasteiger partial charge in [0.2, 0.25) is 0 Å². The number of ether oxygens (including phenoxy) is 1. The molecule has 0 radical (unpaired) electrons. The van der Waals surface area contributed by atoms with E-state index < -0.39 is 0 Å². The first kappa shape index (κ1) is 11.2. The van der Waals surface area contributed by atoms with Crippen LogP contribution >= 0.6 is 11.3 Å². The van der Waals surface area contributed by atoms with Crippen LogP contribution in [0.1, 0.15) is 10.4 Å². The number of para-hydroxylation sites is 1. The molecule has 2 nitrogen and oxygen atoms in total. The SMILES string of the molecule is COc1ccccc1Cc1cc2cccnc2s1. The van der Waals surface area contributed by atoms with Gasteiger partial charge in [0, 0.05) is 22.9 Å². The van der Waals surface area contributed by atoms with Gasteiger partial charge in [0.1, 0.15) is 10.6 Å². The van der Waals surface area contributed by atoms with Gasteiger partial charge in [-0.2, -0.15) is 0 Å². The van der Waals surface area contributed by atoms with Crippen LogP contribution in [0.4, 0.5) is 0 Å². The number of hydrogen-bond donors (Lipinski definition) is 0. The Morgan fingerprint density at radius 2 is 2.06 bits per heavy atom. The highest BCUT2D eigenvalue weighted by Gasteiger charge is 2.06. The highest BCUT2D eigenvalue weighted by molar-refractivity contribution is 7.18. The number of methoxy groups -OCH3 is 1. The summed E-state index contributed by atoms with van der Waals surface area (Å²) in [6.07, 6.45) is 2.73. The monoisotopic (exact) mass is 255 g/mol. The second-order valence-corrected chi connectivity index (χ2v) is 5.21. The third kappa shape index (κ3) is 2.09. The predicted octanol–water partition coefficient (Wildman–Crippen LogP) is 3.90. The Bertz CT molecular complexity index is 642. The second-order valence-electron chi connectivity index (χ2n) is 4.10. The molecule has 0 atom stereocenters. The van der Waals surface area contributed by atoms with E-state index in [4.69, 9.17) is 4.74 Å². The fourth-order valence-corrected chi connectivity index (χ4v) is 3.07. The van der Waals surface area contributed by atoms with Crippen molar-refractivity contribution in [2.45, 2.75) is 6.42 Å². The minimum atomic E-state index is 0.894. The largest absolute Gasteiger partial charge is 0.496 e. The third-order valence-corrected chi connectivity index (χ3v) is 3.96. The summed E-state index contributed by atoms with van der Waals surface area (Å²) < 4.78 is 5.38. The van der Waals surface area contributed by atoms with Crippen molar-refractivity contribution in [1.82, 2.24) is 4.98 Å². The molecule has 0 saturated heterocycles. The van der Waals surface area contributed by atoms with E-state index in [1.54, 1.807) is 18.4 Å². The highest BCUT2D eigenvalue weighted by atomic mass is 32.1. The molecule has 0 unspecified atom stereocenters. The molecule has 0 N–H and O–H groups in total. The van der Waals surface area contributed by atoms with E-state index in [1.807, 2.05) is 30.5 Å². The Morgan fingerprint density at radius 3 is 2.89 bits per heavy atom. The quantitative estimate of drug-likeness (QED) is 0.708. The first-order valence-electron chi connectivity index (χ1n) is 5.82. The molecule has 0 spiro atoms. The van der Waals surface area contributed by atoms with E-state index in [2.05, 4.69) is 23.2 Å². The summed E-state index contributed by atoms with van der Waals surface area (Å²) >= 11 is 1.74. The number of rotatable bonds is 3. The van der Waals surface area contributed by atoms with Gasteiger partial charge >= 0.3 is 0 Å². The van der Waals surface area contributed by atoms with Crippen LogP contribution in [0.2, 0.25) is 0 Å². The van der Waals surface area contributed by atoms with Crippen molar-refractivity contribution in [3.8, 4) is 5.75 Å². The first-order chi connectivity index (χ1) is 8.86. The minimum absolute atomic E-state index is 0.894. The molecule has 0 amide bonds. The molecular weight excluding hydrogens is 242 g/mol. The Hall–Kier alpha value is -1.87. The van der Waals surface area contributed by atoms with E-state index in [1.165, 1.54) is 15.8 Å². The molecule has 2 aromatic heterocycles. The van der Waals surface area contributed by atoms with Gasteiger partial charge in [0.25, 0.3) is 0 Å². The van der Waals surface area contributed by atoms with Crippen molar-refractivity contribution in [2.75, 3.05) is 7.11 Å². The number of thiophene rings is 1. The van der Waals surface area contributed by atoms with Gasteiger partial charge in [-0.3, -0.25) is 0 Å². The van der Waals surface area contributed by atoms with Crippen LogP contribution in [0.15, 0.2) is 48.7 Å².